The lowest BCUT2D eigenvalue weighted by atomic mass is 10.1. The highest BCUT2D eigenvalue weighted by molar-refractivity contribution is 5.85. The molecule has 0 aliphatic heterocycles. The summed E-state index contributed by atoms with van der Waals surface area (Å²) < 4.78 is 1.93. The van der Waals surface area contributed by atoms with Crippen LogP contribution >= 0.6 is 0 Å². The molecule has 21 heavy (non-hydrogen) atoms. The smallest absolute Gasteiger partial charge is 0.120 e. The molecule has 0 bridgehead atoms. The molecule has 104 valence electrons. The van der Waals surface area contributed by atoms with E-state index in [-0.39, 0.29) is 0 Å². The second-order valence-electron chi connectivity index (χ2n) is 5.23. The summed E-state index contributed by atoms with van der Waals surface area (Å²) >= 11 is 0. The van der Waals surface area contributed by atoms with Crippen LogP contribution in [0.15, 0.2) is 48.5 Å². The van der Waals surface area contributed by atoms with Crippen LogP contribution in [0.2, 0.25) is 0 Å². The molecule has 1 heterocycles. The molecular weight excluding hydrogens is 258 g/mol. The average molecular weight is 275 g/mol. The third-order valence-corrected chi connectivity index (χ3v) is 3.99. The molecule has 0 radical (unpaired) electrons. The largest absolute Gasteiger partial charge is 0.381 e. The van der Waals surface area contributed by atoms with Gasteiger partial charge in [0.25, 0.3) is 0 Å². The quantitative estimate of drug-likeness (QED) is 0.785. The van der Waals surface area contributed by atoms with Crippen LogP contribution in [0.1, 0.15) is 17.0 Å². The van der Waals surface area contributed by atoms with E-state index in [0.29, 0.717) is 5.69 Å². The molecular formula is C18H17N3. The Morgan fingerprint density at radius 2 is 1.86 bits per heavy atom. The first kappa shape index (κ1) is 13.3. The number of nitrogens with zero attached hydrogens (tertiary/aromatic N) is 2. The maximum Gasteiger partial charge on any atom is 0.120 e. The van der Waals surface area contributed by atoms with Crippen molar-refractivity contribution in [2.75, 3.05) is 5.32 Å². The van der Waals surface area contributed by atoms with E-state index >= 15 is 0 Å². The number of hydrogen-bond acceptors (Lipinski definition) is 2. The van der Waals surface area contributed by atoms with Gasteiger partial charge in [-0.25, -0.2) is 0 Å². The summed E-state index contributed by atoms with van der Waals surface area (Å²) in [4.78, 5) is 0. The summed E-state index contributed by atoms with van der Waals surface area (Å²) in [5.74, 6) is 0. The molecule has 3 aromatic rings. The van der Waals surface area contributed by atoms with Crippen molar-refractivity contribution in [3.63, 3.8) is 0 Å². The van der Waals surface area contributed by atoms with E-state index in [4.69, 9.17) is 5.26 Å². The lowest BCUT2D eigenvalue weighted by Gasteiger charge is -2.08. The van der Waals surface area contributed by atoms with Gasteiger partial charge in [0.15, 0.2) is 0 Å². The molecule has 3 nitrogen and oxygen atoms in total. The minimum absolute atomic E-state index is 0.697. The zero-order chi connectivity index (χ0) is 14.8. The summed E-state index contributed by atoms with van der Waals surface area (Å²) in [5.41, 5.74) is 4.07. The molecule has 1 N–H and O–H groups in total. The van der Waals surface area contributed by atoms with Crippen molar-refractivity contribution in [2.45, 2.75) is 13.5 Å². The summed E-state index contributed by atoms with van der Waals surface area (Å²) in [6.07, 6.45) is 0. The first-order chi connectivity index (χ1) is 10.2. The van der Waals surface area contributed by atoms with E-state index in [1.807, 2.05) is 36.7 Å². The van der Waals surface area contributed by atoms with Crippen molar-refractivity contribution in [3.05, 3.63) is 65.5 Å². The van der Waals surface area contributed by atoms with E-state index in [1.54, 1.807) is 0 Å². The molecule has 0 spiro atoms. The van der Waals surface area contributed by atoms with Gasteiger partial charge >= 0.3 is 0 Å². The molecule has 0 amide bonds. The maximum atomic E-state index is 9.07. The minimum Gasteiger partial charge on any atom is -0.381 e. The zero-order valence-corrected chi connectivity index (χ0v) is 12.2. The Hall–Kier alpha value is -2.73. The Balaban J connectivity index is 1.82. The number of benzene rings is 2. The molecule has 0 saturated carbocycles. The minimum atomic E-state index is 0.697. The summed E-state index contributed by atoms with van der Waals surface area (Å²) in [6, 6.07) is 18.8. The third-order valence-electron chi connectivity index (χ3n) is 3.99. The van der Waals surface area contributed by atoms with Gasteiger partial charge in [0.2, 0.25) is 0 Å². The van der Waals surface area contributed by atoms with Crippen molar-refractivity contribution in [1.29, 1.82) is 5.26 Å². The van der Waals surface area contributed by atoms with Crippen LogP contribution in [0.25, 0.3) is 10.8 Å². The van der Waals surface area contributed by atoms with Crippen molar-refractivity contribution < 1.29 is 0 Å². The fraction of sp³-hybridized carbons (Fsp3) is 0.167. The Labute approximate surface area is 124 Å². The molecule has 0 unspecified atom stereocenters. The zero-order valence-electron chi connectivity index (χ0n) is 12.2. The molecule has 0 fully saturated rings. The Bertz CT molecular complexity index is 837. The normalized spacial score (nSPS) is 10.5. The van der Waals surface area contributed by atoms with Crippen LogP contribution in [-0.4, -0.2) is 4.57 Å². The molecule has 0 saturated heterocycles. The van der Waals surface area contributed by atoms with E-state index in [0.717, 1.165) is 23.5 Å². The summed E-state index contributed by atoms with van der Waals surface area (Å²) in [7, 11) is 1.92. The predicted octanol–water partition coefficient (Wildman–Crippen LogP) is 3.97. The predicted molar refractivity (Wildman–Crippen MR) is 86.1 cm³/mol. The number of nitriles is 1. The van der Waals surface area contributed by atoms with Gasteiger partial charge in [0.05, 0.1) is 0 Å². The highest BCUT2D eigenvalue weighted by Gasteiger charge is 2.08. The highest BCUT2D eigenvalue weighted by atomic mass is 15.0. The SMILES string of the molecule is Cc1c(CNc2ccc3ccccc3c2)cc(C#N)n1C. The van der Waals surface area contributed by atoms with Gasteiger partial charge in [-0.05, 0) is 41.5 Å². The number of aromatic nitrogens is 1. The number of hydrogen-bond donors (Lipinski definition) is 1. The van der Waals surface area contributed by atoms with Crippen molar-refractivity contribution in [1.82, 2.24) is 4.57 Å². The van der Waals surface area contributed by atoms with Gasteiger partial charge < -0.3 is 9.88 Å². The lowest BCUT2D eigenvalue weighted by Crippen LogP contribution is -2.01. The van der Waals surface area contributed by atoms with Gasteiger partial charge in [-0.1, -0.05) is 30.3 Å². The molecule has 3 heteroatoms. The van der Waals surface area contributed by atoms with Gasteiger partial charge in [-0.2, -0.15) is 5.26 Å². The Kier molecular flexibility index (Phi) is 3.37. The van der Waals surface area contributed by atoms with Crippen molar-refractivity contribution >= 4 is 16.5 Å². The molecule has 0 aliphatic carbocycles. The van der Waals surface area contributed by atoms with Crippen molar-refractivity contribution in [3.8, 4) is 6.07 Å². The second kappa shape index (κ2) is 5.34. The van der Waals surface area contributed by atoms with Crippen LogP contribution in [0.3, 0.4) is 0 Å². The van der Waals surface area contributed by atoms with Gasteiger partial charge in [0, 0.05) is 25.0 Å². The van der Waals surface area contributed by atoms with Crippen LogP contribution in [-0.2, 0) is 13.6 Å². The van der Waals surface area contributed by atoms with E-state index in [2.05, 4.69) is 41.7 Å². The molecule has 1 aromatic heterocycles. The standard InChI is InChI=1S/C18H17N3/c1-13-16(10-18(11-19)21(13)2)12-20-17-8-7-14-5-3-4-6-15(14)9-17/h3-10,20H,12H2,1-2H3. The number of rotatable bonds is 3. The second-order valence-corrected chi connectivity index (χ2v) is 5.23. The number of anilines is 1. The summed E-state index contributed by atoms with van der Waals surface area (Å²) in [5, 5.41) is 15.0. The number of nitrogens with one attached hydrogen (secondary N) is 1. The van der Waals surface area contributed by atoms with E-state index in [1.165, 1.54) is 10.8 Å². The Morgan fingerprint density at radius 3 is 2.57 bits per heavy atom. The van der Waals surface area contributed by atoms with Crippen LogP contribution in [0.5, 0.6) is 0 Å². The first-order valence-corrected chi connectivity index (χ1v) is 6.97. The van der Waals surface area contributed by atoms with Gasteiger partial charge in [0.1, 0.15) is 11.8 Å². The van der Waals surface area contributed by atoms with Crippen LogP contribution in [0.4, 0.5) is 5.69 Å². The summed E-state index contributed by atoms with van der Waals surface area (Å²) in [6.45, 7) is 2.76. The number of fused-ring (bicyclic) bond motifs is 1. The van der Waals surface area contributed by atoms with Crippen molar-refractivity contribution in [2.24, 2.45) is 7.05 Å². The lowest BCUT2D eigenvalue weighted by molar-refractivity contribution is 0.856. The van der Waals surface area contributed by atoms with E-state index in [9.17, 15) is 0 Å². The average Bonchev–Trinajstić information content (AvgIpc) is 2.80. The molecule has 0 atom stereocenters. The maximum absolute atomic E-state index is 9.07. The third kappa shape index (κ3) is 2.48. The van der Waals surface area contributed by atoms with Gasteiger partial charge in [-0.3, -0.25) is 0 Å². The monoisotopic (exact) mass is 275 g/mol. The van der Waals surface area contributed by atoms with Gasteiger partial charge in [-0.15, -0.1) is 0 Å². The fourth-order valence-electron chi connectivity index (χ4n) is 2.55. The Morgan fingerprint density at radius 1 is 1.10 bits per heavy atom. The molecule has 0 aliphatic rings. The first-order valence-electron chi connectivity index (χ1n) is 6.97. The van der Waals surface area contributed by atoms with E-state index < -0.39 is 0 Å². The topological polar surface area (TPSA) is 40.8 Å². The molecule has 2 aromatic carbocycles. The van der Waals surface area contributed by atoms with Crippen LogP contribution in [0, 0.1) is 18.3 Å². The fourth-order valence-corrected chi connectivity index (χ4v) is 2.55. The van der Waals surface area contributed by atoms with Crippen LogP contribution < -0.4 is 5.32 Å². The highest BCUT2D eigenvalue weighted by Crippen LogP contribution is 2.20. The molecule has 3 rings (SSSR count).